The maximum Gasteiger partial charge on any atom is 0.119 e. The molecular formula is C15H14BrClO2. The van der Waals surface area contributed by atoms with E-state index in [4.69, 9.17) is 16.3 Å². The first kappa shape index (κ1) is 14.4. The third-order valence-electron chi connectivity index (χ3n) is 3.02. The quantitative estimate of drug-likeness (QED) is 0.890. The molecule has 0 aliphatic rings. The summed E-state index contributed by atoms with van der Waals surface area (Å²) in [5.41, 5.74) is 2.47. The molecule has 19 heavy (non-hydrogen) atoms. The monoisotopic (exact) mass is 340 g/mol. The van der Waals surface area contributed by atoms with Gasteiger partial charge < -0.3 is 9.84 Å². The van der Waals surface area contributed by atoms with Crippen LogP contribution in [0.4, 0.5) is 0 Å². The zero-order valence-corrected chi connectivity index (χ0v) is 13.0. The Kier molecular flexibility index (Phi) is 4.50. The van der Waals surface area contributed by atoms with Gasteiger partial charge in [0, 0.05) is 15.1 Å². The third-order valence-corrected chi connectivity index (χ3v) is 3.86. The minimum absolute atomic E-state index is 0.547. The molecule has 0 aliphatic heterocycles. The van der Waals surface area contributed by atoms with Crippen molar-refractivity contribution in [3.63, 3.8) is 0 Å². The highest BCUT2D eigenvalue weighted by Crippen LogP contribution is 2.33. The van der Waals surface area contributed by atoms with E-state index in [1.807, 2.05) is 37.3 Å². The van der Waals surface area contributed by atoms with E-state index in [9.17, 15) is 5.11 Å². The van der Waals surface area contributed by atoms with E-state index in [0.717, 1.165) is 21.3 Å². The molecule has 1 unspecified atom stereocenters. The summed E-state index contributed by atoms with van der Waals surface area (Å²) in [6.45, 7) is 1.94. The maximum absolute atomic E-state index is 10.5. The molecule has 2 nitrogen and oxygen atoms in total. The zero-order chi connectivity index (χ0) is 14.0. The Morgan fingerprint density at radius 3 is 2.53 bits per heavy atom. The van der Waals surface area contributed by atoms with Crippen LogP contribution in [0.5, 0.6) is 5.75 Å². The molecule has 0 saturated carbocycles. The molecule has 100 valence electrons. The number of aryl methyl sites for hydroxylation is 1. The van der Waals surface area contributed by atoms with E-state index in [1.165, 1.54) is 0 Å². The van der Waals surface area contributed by atoms with E-state index in [-0.39, 0.29) is 0 Å². The van der Waals surface area contributed by atoms with Gasteiger partial charge in [-0.3, -0.25) is 0 Å². The summed E-state index contributed by atoms with van der Waals surface area (Å²) >= 11 is 9.54. The number of rotatable bonds is 3. The minimum atomic E-state index is -0.754. The molecule has 4 heteroatoms. The van der Waals surface area contributed by atoms with Crippen molar-refractivity contribution in [3.05, 3.63) is 62.6 Å². The van der Waals surface area contributed by atoms with Crippen LogP contribution in [0.25, 0.3) is 0 Å². The fourth-order valence-electron chi connectivity index (χ4n) is 1.97. The number of methoxy groups -OCH3 is 1. The lowest BCUT2D eigenvalue weighted by atomic mass is 9.97. The van der Waals surface area contributed by atoms with E-state index < -0.39 is 6.10 Å². The van der Waals surface area contributed by atoms with Crippen molar-refractivity contribution in [2.24, 2.45) is 0 Å². The fraction of sp³-hybridized carbons (Fsp3) is 0.200. The van der Waals surface area contributed by atoms with Gasteiger partial charge in [0.25, 0.3) is 0 Å². The van der Waals surface area contributed by atoms with Gasteiger partial charge in [-0.1, -0.05) is 33.6 Å². The Morgan fingerprint density at radius 2 is 1.89 bits per heavy atom. The first-order valence-corrected chi connectivity index (χ1v) is 6.97. The molecule has 0 radical (unpaired) electrons. The maximum atomic E-state index is 10.5. The van der Waals surface area contributed by atoms with Crippen molar-refractivity contribution in [1.29, 1.82) is 0 Å². The second-order valence-corrected chi connectivity index (χ2v) is 5.61. The van der Waals surface area contributed by atoms with Crippen LogP contribution in [0, 0.1) is 6.92 Å². The Labute approximate surface area is 126 Å². The highest BCUT2D eigenvalue weighted by Gasteiger charge is 2.16. The first-order valence-electron chi connectivity index (χ1n) is 5.80. The molecule has 2 aromatic carbocycles. The summed E-state index contributed by atoms with van der Waals surface area (Å²) in [6.07, 6.45) is -0.754. The van der Waals surface area contributed by atoms with Crippen LogP contribution >= 0.6 is 27.5 Å². The highest BCUT2D eigenvalue weighted by molar-refractivity contribution is 9.10. The topological polar surface area (TPSA) is 29.5 Å². The summed E-state index contributed by atoms with van der Waals surface area (Å²) in [5, 5.41) is 11.0. The summed E-state index contributed by atoms with van der Waals surface area (Å²) < 4.78 is 6.05. The molecule has 0 saturated heterocycles. The number of hydrogen-bond acceptors (Lipinski definition) is 2. The van der Waals surface area contributed by atoms with Crippen molar-refractivity contribution in [1.82, 2.24) is 0 Å². The number of ether oxygens (including phenoxy) is 1. The van der Waals surface area contributed by atoms with Gasteiger partial charge in [0.2, 0.25) is 0 Å². The van der Waals surface area contributed by atoms with Crippen LogP contribution in [-0.4, -0.2) is 12.2 Å². The number of benzene rings is 2. The Hall–Kier alpha value is -1.03. The molecular weight excluding hydrogens is 328 g/mol. The lowest BCUT2D eigenvalue weighted by Gasteiger charge is -2.16. The summed E-state index contributed by atoms with van der Waals surface area (Å²) in [5.74, 6) is 0.772. The van der Waals surface area contributed by atoms with Gasteiger partial charge in [0.15, 0.2) is 0 Å². The SMILES string of the molecule is COc1ccc(C(O)c2cc(Br)ccc2Cl)c(C)c1. The van der Waals surface area contributed by atoms with Crippen LogP contribution in [-0.2, 0) is 0 Å². The van der Waals surface area contributed by atoms with Gasteiger partial charge in [0.05, 0.1) is 7.11 Å². The molecule has 0 fully saturated rings. The van der Waals surface area contributed by atoms with Gasteiger partial charge in [-0.15, -0.1) is 0 Å². The number of halogens is 2. The molecule has 2 aromatic rings. The second-order valence-electron chi connectivity index (χ2n) is 4.29. The Bertz CT molecular complexity index is 599. The smallest absolute Gasteiger partial charge is 0.119 e. The van der Waals surface area contributed by atoms with Crippen molar-refractivity contribution in [2.45, 2.75) is 13.0 Å². The number of aliphatic hydroxyl groups is 1. The largest absolute Gasteiger partial charge is 0.497 e. The zero-order valence-electron chi connectivity index (χ0n) is 10.7. The van der Waals surface area contributed by atoms with Crippen LogP contribution in [0.2, 0.25) is 5.02 Å². The van der Waals surface area contributed by atoms with Crippen LogP contribution in [0.15, 0.2) is 40.9 Å². The van der Waals surface area contributed by atoms with E-state index in [2.05, 4.69) is 15.9 Å². The summed E-state index contributed by atoms with van der Waals surface area (Å²) in [7, 11) is 1.62. The first-order chi connectivity index (χ1) is 9.02. The lowest BCUT2D eigenvalue weighted by Crippen LogP contribution is -2.03. The molecule has 0 heterocycles. The summed E-state index contributed by atoms with van der Waals surface area (Å²) in [4.78, 5) is 0. The molecule has 0 spiro atoms. The predicted molar refractivity (Wildman–Crippen MR) is 80.9 cm³/mol. The molecule has 0 bridgehead atoms. The predicted octanol–water partition coefficient (Wildman–Crippen LogP) is 4.50. The Balaban J connectivity index is 2.43. The van der Waals surface area contributed by atoms with E-state index in [0.29, 0.717) is 10.6 Å². The lowest BCUT2D eigenvalue weighted by molar-refractivity contribution is 0.219. The van der Waals surface area contributed by atoms with Gasteiger partial charge in [-0.2, -0.15) is 0 Å². The van der Waals surface area contributed by atoms with Crippen molar-refractivity contribution < 1.29 is 9.84 Å². The molecule has 1 atom stereocenters. The molecule has 2 rings (SSSR count). The van der Waals surface area contributed by atoms with Gasteiger partial charge in [-0.05, 0) is 48.4 Å². The summed E-state index contributed by atoms with van der Waals surface area (Å²) in [6, 6.07) is 11.0. The highest BCUT2D eigenvalue weighted by atomic mass is 79.9. The van der Waals surface area contributed by atoms with Gasteiger partial charge >= 0.3 is 0 Å². The Morgan fingerprint density at radius 1 is 1.16 bits per heavy atom. The third kappa shape index (κ3) is 3.11. The second kappa shape index (κ2) is 5.95. The average Bonchev–Trinajstić information content (AvgIpc) is 2.40. The van der Waals surface area contributed by atoms with Gasteiger partial charge in [-0.25, -0.2) is 0 Å². The minimum Gasteiger partial charge on any atom is -0.497 e. The molecule has 0 aliphatic carbocycles. The van der Waals surface area contributed by atoms with Crippen molar-refractivity contribution >= 4 is 27.5 Å². The average molecular weight is 342 g/mol. The van der Waals surface area contributed by atoms with Crippen molar-refractivity contribution in [3.8, 4) is 5.75 Å². The standard InChI is InChI=1S/C15H14BrClO2/c1-9-7-11(19-2)4-5-12(9)15(18)13-8-10(16)3-6-14(13)17/h3-8,15,18H,1-2H3. The van der Waals surface area contributed by atoms with E-state index >= 15 is 0 Å². The molecule has 0 aromatic heterocycles. The van der Waals surface area contributed by atoms with Crippen LogP contribution in [0.1, 0.15) is 22.8 Å². The molecule has 0 amide bonds. The van der Waals surface area contributed by atoms with Crippen LogP contribution in [0.3, 0.4) is 0 Å². The van der Waals surface area contributed by atoms with E-state index in [1.54, 1.807) is 13.2 Å². The number of hydrogen-bond donors (Lipinski definition) is 1. The van der Waals surface area contributed by atoms with Gasteiger partial charge in [0.1, 0.15) is 11.9 Å². The normalized spacial score (nSPS) is 12.3. The number of aliphatic hydroxyl groups excluding tert-OH is 1. The molecule has 1 N–H and O–H groups in total. The van der Waals surface area contributed by atoms with Crippen molar-refractivity contribution in [2.75, 3.05) is 7.11 Å². The fourth-order valence-corrected chi connectivity index (χ4v) is 2.57. The van der Waals surface area contributed by atoms with Crippen LogP contribution < -0.4 is 4.74 Å².